The summed E-state index contributed by atoms with van der Waals surface area (Å²) < 4.78 is 0. The Balaban J connectivity index is 2.79. The first-order valence-corrected chi connectivity index (χ1v) is 7.06. The van der Waals surface area contributed by atoms with Crippen LogP contribution < -0.4 is 0 Å². The van der Waals surface area contributed by atoms with Gasteiger partial charge in [-0.15, -0.1) is 0 Å². The van der Waals surface area contributed by atoms with Gasteiger partial charge >= 0.3 is 5.97 Å². The van der Waals surface area contributed by atoms with Gasteiger partial charge in [-0.1, -0.05) is 39.8 Å². The van der Waals surface area contributed by atoms with Crippen LogP contribution in [0.3, 0.4) is 0 Å². The summed E-state index contributed by atoms with van der Waals surface area (Å²) in [5.41, 5.74) is 2.04. The summed E-state index contributed by atoms with van der Waals surface area (Å²) in [6, 6.07) is 5.23. The summed E-state index contributed by atoms with van der Waals surface area (Å²) in [5, 5.41) is 9.18. The van der Waals surface area contributed by atoms with Crippen LogP contribution in [0.4, 0.5) is 5.69 Å². The van der Waals surface area contributed by atoms with Crippen molar-refractivity contribution in [1.29, 1.82) is 0 Å². The number of aryl methyl sites for hydroxylation is 1. The van der Waals surface area contributed by atoms with Crippen LogP contribution in [-0.4, -0.2) is 17.3 Å². The molecule has 1 aromatic rings. The van der Waals surface area contributed by atoms with E-state index in [1.54, 1.807) is 12.1 Å². The third-order valence-corrected chi connectivity index (χ3v) is 3.16. The minimum absolute atomic E-state index is 0.268. The first-order valence-electron chi connectivity index (χ1n) is 7.06. The molecule has 0 radical (unpaired) electrons. The molecule has 0 aliphatic carbocycles. The van der Waals surface area contributed by atoms with Crippen molar-refractivity contribution in [3.63, 3.8) is 0 Å². The smallest absolute Gasteiger partial charge is 0.337 e. The van der Waals surface area contributed by atoms with Crippen molar-refractivity contribution in [3.8, 4) is 0 Å². The topological polar surface area (TPSA) is 49.7 Å². The van der Waals surface area contributed by atoms with Crippen LogP contribution in [0.5, 0.6) is 0 Å². The fourth-order valence-electron chi connectivity index (χ4n) is 2.46. The van der Waals surface area contributed by atoms with Gasteiger partial charge in [0.05, 0.1) is 11.3 Å². The number of benzene rings is 1. The molecular weight excluding hydrogens is 250 g/mol. The highest BCUT2D eigenvalue weighted by atomic mass is 16.4. The van der Waals surface area contributed by atoms with Gasteiger partial charge < -0.3 is 5.11 Å². The molecule has 0 spiro atoms. The molecule has 1 N–H and O–H groups in total. The zero-order valence-corrected chi connectivity index (χ0v) is 13.1. The van der Waals surface area contributed by atoms with Crippen molar-refractivity contribution >= 4 is 17.9 Å². The second-order valence-corrected chi connectivity index (χ2v) is 6.69. The van der Waals surface area contributed by atoms with E-state index in [9.17, 15) is 9.90 Å². The van der Waals surface area contributed by atoms with E-state index >= 15 is 0 Å². The Bertz CT molecular complexity index is 498. The molecule has 1 rings (SSSR count). The minimum Gasteiger partial charge on any atom is -0.478 e. The molecule has 1 unspecified atom stereocenters. The molecule has 0 fully saturated rings. The van der Waals surface area contributed by atoms with E-state index in [1.807, 2.05) is 19.2 Å². The number of rotatable bonds is 5. The summed E-state index contributed by atoms with van der Waals surface area (Å²) in [6.07, 6.45) is 3.84. The summed E-state index contributed by atoms with van der Waals surface area (Å²) in [5.74, 6) is -0.389. The second kappa shape index (κ2) is 6.69. The van der Waals surface area contributed by atoms with Gasteiger partial charge in [-0.25, -0.2) is 4.79 Å². The Kier molecular flexibility index (Phi) is 5.49. The van der Waals surface area contributed by atoms with Gasteiger partial charge in [-0.3, -0.25) is 4.99 Å². The minimum atomic E-state index is -0.927. The lowest BCUT2D eigenvalue weighted by Crippen LogP contribution is -2.11. The van der Waals surface area contributed by atoms with Gasteiger partial charge in [-0.05, 0) is 42.7 Å². The van der Waals surface area contributed by atoms with Gasteiger partial charge in [0.15, 0.2) is 0 Å². The van der Waals surface area contributed by atoms with Crippen LogP contribution in [0.15, 0.2) is 23.2 Å². The molecule has 0 heterocycles. The number of carboxylic acids is 1. The number of carboxylic acid groups (broad SMARTS) is 1. The molecule has 1 atom stereocenters. The summed E-state index contributed by atoms with van der Waals surface area (Å²) >= 11 is 0. The third-order valence-electron chi connectivity index (χ3n) is 3.16. The molecule has 0 amide bonds. The summed E-state index contributed by atoms with van der Waals surface area (Å²) in [7, 11) is 0. The van der Waals surface area contributed by atoms with Crippen molar-refractivity contribution in [2.24, 2.45) is 16.3 Å². The van der Waals surface area contributed by atoms with Gasteiger partial charge in [-0.2, -0.15) is 0 Å². The number of aromatic carboxylic acids is 1. The molecule has 0 saturated heterocycles. The molecule has 110 valence electrons. The van der Waals surface area contributed by atoms with Crippen molar-refractivity contribution in [2.75, 3.05) is 0 Å². The van der Waals surface area contributed by atoms with Crippen LogP contribution in [0, 0.1) is 18.3 Å². The average molecular weight is 275 g/mol. The van der Waals surface area contributed by atoms with Gasteiger partial charge in [0.1, 0.15) is 0 Å². The third kappa shape index (κ3) is 5.16. The van der Waals surface area contributed by atoms with Gasteiger partial charge in [0, 0.05) is 6.21 Å². The van der Waals surface area contributed by atoms with E-state index < -0.39 is 5.97 Å². The Labute approximate surface area is 121 Å². The number of hydrogen-bond acceptors (Lipinski definition) is 2. The fraction of sp³-hybridized carbons (Fsp3) is 0.529. The number of nitrogens with zero attached hydrogens (tertiary/aromatic N) is 1. The monoisotopic (exact) mass is 275 g/mol. The zero-order valence-electron chi connectivity index (χ0n) is 13.1. The molecule has 3 nitrogen and oxygen atoms in total. The Morgan fingerprint density at radius 1 is 1.40 bits per heavy atom. The predicted octanol–water partition coefficient (Wildman–Crippen LogP) is 4.86. The van der Waals surface area contributed by atoms with E-state index in [0.29, 0.717) is 17.0 Å². The van der Waals surface area contributed by atoms with Crippen molar-refractivity contribution in [3.05, 3.63) is 29.3 Å². The van der Waals surface area contributed by atoms with Crippen LogP contribution >= 0.6 is 0 Å². The molecular formula is C17H25NO2. The maximum Gasteiger partial charge on any atom is 0.337 e. The first-order chi connectivity index (χ1) is 9.20. The molecule has 0 aromatic heterocycles. The van der Waals surface area contributed by atoms with Crippen LogP contribution in [0.25, 0.3) is 0 Å². The van der Waals surface area contributed by atoms with Crippen molar-refractivity contribution < 1.29 is 9.90 Å². The predicted molar refractivity (Wildman–Crippen MR) is 84.1 cm³/mol. The second-order valence-electron chi connectivity index (χ2n) is 6.69. The van der Waals surface area contributed by atoms with Crippen molar-refractivity contribution in [2.45, 2.75) is 47.5 Å². The van der Waals surface area contributed by atoms with E-state index in [1.165, 1.54) is 0 Å². The highest BCUT2D eigenvalue weighted by Gasteiger charge is 2.15. The van der Waals surface area contributed by atoms with Gasteiger partial charge in [0.25, 0.3) is 0 Å². The largest absolute Gasteiger partial charge is 0.478 e. The quantitative estimate of drug-likeness (QED) is 0.780. The molecule has 0 bridgehead atoms. The van der Waals surface area contributed by atoms with Gasteiger partial charge in [0.2, 0.25) is 0 Å². The molecule has 20 heavy (non-hydrogen) atoms. The van der Waals surface area contributed by atoms with Crippen molar-refractivity contribution in [1.82, 2.24) is 0 Å². The number of aliphatic imine (C=N–C) groups is 1. The van der Waals surface area contributed by atoms with Crippen LogP contribution in [0.2, 0.25) is 0 Å². The highest BCUT2D eigenvalue weighted by Crippen LogP contribution is 2.27. The maximum absolute atomic E-state index is 11.2. The number of carbonyl (C=O) groups is 1. The highest BCUT2D eigenvalue weighted by molar-refractivity contribution is 5.94. The maximum atomic E-state index is 11.2. The lowest BCUT2D eigenvalue weighted by atomic mass is 9.84. The first kappa shape index (κ1) is 16.4. The molecule has 0 saturated carbocycles. The fourth-order valence-corrected chi connectivity index (χ4v) is 2.46. The lowest BCUT2D eigenvalue weighted by Gasteiger charge is -2.22. The SMILES string of the molecule is Cc1cccc(C(=O)O)c1/N=C/CC(C)CC(C)(C)C. The Morgan fingerprint density at radius 3 is 2.60 bits per heavy atom. The number of para-hydroxylation sites is 1. The summed E-state index contributed by atoms with van der Waals surface area (Å²) in [4.78, 5) is 15.6. The average Bonchev–Trinajstić information content (AvgIpc) is 2.28. The standard InChI is InChI=1S/C17H25NO2/c1-12(11-17(3,4)5)9-10-18-15-13(2)7-6-8-14(15)16(19)20/h6-8,10,12H,9,11H2,1-5H3,(H,19,20)/b18-10+. The Morgan fingerprint density at radius 2 is 2.05 bits per heavy atom. The van der Waals surface area contributed by atoms with E-state index in [0.717, 1.165) is 18.4 Å². The normalized spacial score (nSPS) is 13.7. The van der Waals surface area contributed by atoms with Crippen LogP contribution in [0.1, 0.15) is 56.5 Å². The van der Waals surface area contributed by atoms with Crippen LogP contribution in [-0.2, 0) is 0 Å². The summed E-state index contributed by atoms with van der Waals surface area (Å²) in [6.45, 7) is 10.8. The molecule has 1 aromatic carbocycles. The Hall–Kier alpha value is -1.64. The van der Waals surface area contributed by atoms with E-state index in [4.69, 9.17) is 0 Å². The van der Waals surface area contributed by atoms with E-state index in [2.05, 4.69) is 32.7 Å². The number of hydrogen-bond donors (Lipinski definition) is 1. The molecule has 3 heteroatoms. The lowest BCUT2D eigenvalue weighted by molar-refractivity contribution is 0.0697. The zero-order chi connectivity index (χ0) is 15.3. The molecule has 0 aliphatic rings. The molecule has 0 aliphatic heterocycles. The van der Waals surface area contributed by atoms with E-state index in [-0.39, 0.29) is 5.56 Å².